The monoisotopic (exact) mass is 445 g/mol. The van der Waals surface area contributed by atoms with E-state index in [4.69, 9.17) is 14.6 Å². The van der Waals surface area contributed by atoms with Crippen LogP contribution in [0.25, 0.3) is 0 Å². The third kappa shape index (κ3) is 6.09. The smallest absolute Gasteiger partial charge is 0.475 e. The van der Waals surface area contributed by atoms with E-state index >= 15 is 0 Å². The van der Waals surface area contributed by atoms with Gasteiger partial charge in [0.2, 0.25) is 5.95 Å². The van der Waals surface area contributed by atoms with Gasteiger partial charge in [-0.2, -0.15) is 13.2 Å². The molecule has 2 saturated heterocycles. The molecule has 2 aliphatic rings. The van der Waals surface area contributed by atoms with Crippen LogP contribution in [0.15, 0.2) is 30.0 Å². The van der Waals surface area contributed by atoms with E-state index in [0.717, 1.165) is 58.1 Å². The molecule has 1 spiro atoms. The summed E-state index contributed by atoms with van der Waals surface area (Å²) in [7, 11) is 0. The Morgan fingerprint density at radius 2 is 1.83 bits per heavy atom. The number of halogens is 3. The summed E-state index contributed by atoms with van der Waals surface area (Å²) in [4.78, 5) is 26.8. The lowest BCUT2D eigenvalue weighted by molar-refractivity contribution is -0.192. The second-order valence-corrected chi connectivity index (χ2v) is 7.99. The van der Waals surface area contributed by atoms with Crippen molar-refractivity contribution in [1.82, 2.24) is 19.9 Å². The molecular formula is C18H22F3N5O3S. The zero-order chi connectivity index (χ0) is 21.6. The number of piperidine rings is 1. The third-order valence-corrected chi connectivity index (χ3v) is 5.69. The molecule has 0 unspecified atom stereocenters. The van der Waals surface area contributed by atoms with Gasteiger partial charge in [0.1, 0.15) is 5.01 Å². The number of hydrogen-bond acceptors (Lipinski definition) is 8. The minimum Gasteiger partial charge on any atom is -0.475 e. The number of hydrogen-bond donors (Lipinski definition) is 1. The molecule has 164 valence electrons. The summed E-state index contributed by atoms with van der Waals surface area (Å²) >= 11 is 1.73. The average Bonchev–Trinajstić information content (AvgIpc) is 3.22. The molecule has 2 fully saturated rings. The molecule has 0 aliphatic carbocycles. The van der Waals surface area contributed by atoms with E-state index in [1.54, 1.807) is 23.7 Å². The van der Waals surface area contributed by atoms with Crippen molar-refractivity contribution in [1.29, 1.82) is 0 Å². The van der Waals surface area contributed by atoms with Gasteiger partial charge < -0.3 is 14.7 Å². The van der Waals surface area contributed by atoms with Gasteiger partial charge in [-0.25, -0.2) is 19.7 Å². The van der Waals surface area contributed by atoms with Crippen molar-refractivity contribution in [3.63, 3.8) is 0 Å². The van der Waals surface area contributed by atoms with Gasteiger partial charge in [0, 0.05) is 50.1 Å². The summed E-state index contributed by atoms with van der Waals surface area (Å²) in [5, 5.41) is 10.4. The second-order valence-electron chi connectivity index (χ2n) is 7.01. The zero-order valence-electron chi connectivity index (χ0n) is 16.1. The first-order valence-corrected chi connectivity index (χ1v) is 10.2. The van der Waals surface area contributed by atoms with Crippen LogP contribution >= 0.6 is 11.3 Å². The van der Waals surface area contributed by atoms with Gasteiger partial charge >= 0.3 is 12.1 Å². The lowest BCUT2D eigenvalue weighted by Gasteiger charge is -2.47. The fourth-order valence-electron chi connectivity index (χ4n) is 3.45. The summed E-state index contributed by atoms with van der Waals surface area (Å²) in [6, 6.07) is 1.86. The first-order valence-electron chi connectivity index (χ1n) is 9.34. The Morgan fingerprint density at radius 1 is 1.17 bits per heavy atom. The number of aliphatic carboxylic acids is 1. The van der Waals surface area contributed by atoms with Crippen LogP contribution in [0.5, 0.6) is 0 Å². The second kappa shape index (κ2) is 9.67. The first kappa shape index (κ1) is 22.4. The van der Waals surface area contributed by atoms with Crippen molar-refractivity contribution >= 4 is 23.3 Å². The highest BCUT2D eigenvalue weighted by atomic mass is 32.1. The molecule has 4 heterocycles. The maximum atomic E-state index is 10.6. The van der Waals surface area contributed by atoms with Crippen LogP contribution in [0, 0.1) is 0 Å². The molecule has 4 rings (SSSR count). The number of morpholine rings is 1. The van der Waals surface area contributed by atoms with E-state index in [1.807, 2.05) is 17.6 Å². The first-order chi connectivity index (χ1) is 14.3. The van der Waals surface area contributed by atoms with Gasteiger partial charge in [-0.1, -0.05) is 0 Å². The molecule has 0 saturated carbocycles. The minimum absolute atomic E-state index is 0.0131. The van der Waals surface area contributed by atoms with E-state index in [1.165, 1.54) is 5.01 Å². The molecular weight excluding hydrogens is 423 g/mol. The maximum Gasteiger partial charge on any atom is 0.490 e. The van der Waals surface area contributed by atoms with Crippen LogP contribution in [-0.4, -0.2) is 75.5 Å². The van der Waals surface area contributed by atoms with Gasteiger partial charge in [0.15, 0.2) is 0 Å². The molecule has 0 aromatic carbocycles. The van der Waals surface area contributed by atoms with E-state index in [9.17, 15) is 13.2 Å². The van der Waals surface area contributed by atoms with Crippen molar-refractivity contribution in [2.24, 2.45) is 0 Å². The minimum atomic E-state index is -5.08. The van der Waals surface area contributed by atoms with Crippen LogP contribution in [-0.2, 0) is 16.1 Å². The number of carboxylic acid groups (broad SMARTS) is 1. The third-order valence-electron chi connectivity index (χ3n) is 4.92. The Morgan fingerprint density at radius 3 is 2.40 bits per heavy atom. The number of thiazole rings is 1. The molecule has 2 aromatic rings. The molecule has 2 aromatic heterocycles. The van der Waals surface area contributed by atoms with Gasteiger partial charge in [0.05, 0.1) is 18.8 Å². The molecule has 30 heavy (non-hydrogen) atoms. The van der Waals surface area contributed by atoms with Crippen molar-refractivity contribution < 1.29 is 27.8 Å². The lowest BCUT2D eigenvalue weighted by atomic mass is 9.89. The van der Waals surface area contributed by atoms with E-state index in [-0.39, 0.29) is 5.60 Å². The molecule has 8 nitrogen and oxygen atoms in total. The molecule has 0 bridgehead atoms. The van der Waals surface area contributed by atoms with Gasteiger partial charge in [-0.05, 0) is 18.9 Å². The quantitative estimate of drug-likeness (QED) is 0.771. The maximum absolute atomic E-state index is 10.6. The molecule has 0 atom stereocenters. The number of carbonyl (C=O) groups is 1. The Balaban J connectivity index is 0.000000318. The lowest BCUT2D eigenvalue weighted by Crippen LogP contribution is -2.56. The van der Waals surface area contributed by atoms with Crippen molar-refractivity contribution in [2.45, 2.75) is 31.2 Å². The molecule has 0 radical (unpaired) electrons. The highest BCUT2D eigenvalue weighted by Gasteiger charge is 2.40. The highest BCUT2D eigenvalue weighted by molar-refractivity contribution is 7.09. The summed E-state index contributed by atoms with van der Waals surface area (Å²) in [5.41, 5.74) is -0.0131. The van der Waals surface area contributed by atoms with Crippen molar-refractivity contribution in [3.05, 3.63) is 35.0 Å². The van der Waals surface area contributed by atoms with Crippen LogP contribution in [0.4, 0.5) is 19.1 Å². The average molecular weight is 445 g/mol. The highest BCUT2D eigenvalue weighted by Crippen LogP contribution is 2.31. The SMILES string of the molecule is O=C(O)C(F)(F)F.c1cnc(N2CCC3(CC2)CN(Cc2nccs2)CCO3)nc1. The molecule has 0 amide bonds. The number of ether oxygens (including phenoxy) is 1. The Labute approximate surface area is 175 Å². The fraction of sp³-hybridized carbons (Fsp3) is 0.556. The number of carboxylic acids is 1. The Kier molecular flexibility index (Phi) is 7.21. The normalized spacial score (nSPS) is 19.2. The Hall–Kier alpha value is -2.31. The summed E-state index contributed by atoms with van der Waals surface area (Å²) < 4.78 is 37.9. The molecule has 2 aliphatic heterocycles. The summed E-state index contributed by atoms with van der Waals surface area (Å²) in [6.07, 6.45) is 2.47. The predicted octanol–water partition coefficient (Wildman–Crippen LogP) is 2.44. The number of alkyl halides is 3. The van der Waals surface area contributed by atoms with Gasteiger partial charge in [0.25, 0.3) is 0 Å². The van der Waals surface area contributed by atoms with Crippen LogP contribution in [0.2, 0.25) is 0 Å². The Bertz CT molecular complexity index is 799. The summed E-state index contributed by atoms with van der Waals surface area (Å²) in [6.45, 7) is 5.65. The number of aromatic nitrogens is 3. The standard InChI is InChI=1S/C16H21N5OS.C2HF3O2/c1-4-18-15(19-5-1)21-7-2-16(3-8-21)13-20(9-10-22-16)12-14-17-6-11-23-14;3-2(4,5)1(6)7/h1,4-6,11H,2-3,7-10,12-13H2;(H,6,7). The van der Waals surface area contributed by atoms with Crippen molar-refractivity contribution in [3.8, 4) is 0 Å². The van der Waals surface area contributed by atoms with E-state index in [0.29, 0.717) is 0 Å². The topological polar surface area (TPSA) is 91.7 Å². The predicted molar refractivity (Wildman–Crippen MR) is 103 cm³/mol. The number of nitrogens with zero attached hydrogens (tertiary/aromatic N) is 5. The van der Waals surface area contributed by atoms with Gasteiger partial charge in [-0.15, -0.1) is 11.3 Å². The van der Waals surface area contributed by atoms with Crippen molar-refractivity contribution in [2.75, 3.05) is 37.7 Å². The number of rotatable bonds is 3. The molecule has 1 N–H and O–H groups in total. The summed E-state index contributed by atoms with van der Waals surface area (Å²) in [5.74, 6) is -1.93. The van der Waals surface area contributed by atoms with E-state index in [2.05, 4.69) is 24.8 Å². The molecule has 12 heteroatoms. The van der Waals surface area contributed by atoms with Crippen LogP contribution in [0.3, 0.4) is 0 Å². The largest absolute Gasteiger partial charge is 0.490 e. The number of anilines is 1. The fourth-order valence-corrected chi connectivity index (χ4v) is 4.11. The van der Waals surface area contributed by atoms with Crippen LogP contribution < -0.4 is 4.90 Å². The van der Waals surface area contributed by atoms with E-state index < -0.39 is 12.1 Å². The van der Waals surface area contributed by atoms with Crippen LogP contribution in [0.1, 0.15) is 17.8 Å². The van der Waals surface area contributed by atoms with Gasteiger partial charge in [-0.3, -0.25) is 4.90 Å². The zero-order valence-corrected chi connectivity index (χ0v) is 16.9.